The maximum atomic E-state index is 12.9. The Morgan fingerprint density at radius 1 is 1.16 bits per heavy atom. The normalized spacial score (nSPS) is 24.2. The van der Waals surface area contributed by atoms with E-state index in [2.05, 4.69) is 4.98 Å². The minimum absolute atomic E-state index is 0.0390. The molecule has 19 heavy (non-hydrogen) atoms. The van der Waals surface area contributed by atoms with E-state index in [0.717, 1.165) is 12.3 Å². The molecule has 1 aliphatic carbocycles. The molecule has 0 amide bonds. The van der Waals surface area contributed by atoms with Crippen molar-refractivity contribution >= 4 is 5.78 Å². The summed E-state index contributed by atoms with van der Waals surface area (Å²) in [6.45, 7) is 0. The van der Waals surface area contributed by atoms with Crippen molar-refractivity contribution in [3.05, 3.63) is 29.8 Å². The van der Waals surface area contributed by atoms with Crippen LogP contribution in [0, 0.1) is 17.7 Å². The van der Waals surface area contributed by atoms with Crippen LogP contribution in [0.15, 0.2) is 18.5 Å². The highest BCUT2D eigenvalue weighted by Crippen LogP contribution is 2.40. The number of nitrogens with zero attached hydrogens (tertiary/aromatic N) is 1. The Balaban J connectivity index is 2.00. The molecule has 1 aliphatic rings. The first-order valence-electron chi connectivity index (χ1n) is 6.09. The Morgan fingerprint density at radius 3 is 2.32 bits per heavy atom. The number of carbonyl (C=O) groups is 1. The topological polar surface area (TPSA) is 30.0 Å². The average Bonchev–Trinajstić information content (AvgIpc) is 2.37. The van der Waals surface area contributed by atoms with Gasteiger partial charge in [0.15, 0.2) is 5.78 Å². The van der Waals surface area contributed by atoms with Crippen LogP contribution < -0.4 is 0 Å². The highest BCUT2D eigenvalue weighted by atomic mass is 19.4. The van der Waals surface area contributed by atoms with E-state index in [1.165, 1.54) is 6.20 Å². The van der Waals surface area contributed by atoms with Crippen molar-refractivity contribution in [2.75, 3.05) is 0 Å². The number of hydrogen-bond donors (Lipinski definition) is 0. The van der Waals surface area contributed by atoms with Crippen LogP contribution in [0.5, 0.6) is 0 Å². The summed E-state index contributed by atoms with van der Waals surface area (Å²) in [5.74, 6) is -2.70. The van der Waals surface area contributed by atoms with Crippen molar-refractivity contribution in [3.8, 4) is 0 Å². The van der Waals surface area contributed by atoms with Crippen LogP contribution in [0.1, 0.15) is 36.0 Å². The second kappa shape index (κ2) is 5.27. The zero-order chi connectivity index (χ0) is 14.0. The lowest BCUT2D eigenvalue weighted by molar-refractivity contribution is -0.183. The van der Waals surface area contributed by atoms with Crippen LogP contribution in [0.25, 0.3) is 0 Å². The Hall–Kier alpha value is -1.46. The molecule has 1 aromatic rings. The monoisotopic (exact) mass is 275 g/mol. The fourth-order valence-corrected chi connectivity index (χ4v) is 2.47. The van der Waals surface area contributed by atoms with Crippen LogP contribution in [0.2, 0.25) is 0 Å². The molecule has 0 unspecified atom stereocenters. The van der Waals surface area contributed by atoms with E-state index in [1.54, 1.807) is 0 Å². The number of ketones is 1. The number of carbonyl (C=O) groups excluding carboxylic acids is 1. The Morgan fingerprint density at radius 2 is 1.79 bits per heavy atom. The summed E-state index contributed by atoms with van der Waals surface area (Å²) in [5, 5.41) is 0. The van der Waals surface area contributed by atoms with Gasteiger partial charge >= 0.3 is 6.18 Å². The van der Waals surface area contributed by atoms with E-state index in [-0.39, 0.29) is 37.0 Å². The van der Waals surface area contributed by atoms with Gasteiger partial charge in [0.25, 0.3) is 0 Å². The standard InChI is InChI=1S/C13H13F4NO/c14-11-5-9(6-18-7-11)12(19)8-1-3-10(4-2-8)13(15,16)17/h5-8,10H,1-4H2. The quantitative estimate of drug-likeness (QED) is 0.607. The Bertz CT molecular complexity index is 464. The molecule has 2 rings (SSSR count). The predicted molar refractivity (Wildman–Crippen MR) is 60.0 cm³/mol. The fourth-order valence-electron chi connectivity index (χ4n) is 2.47. The molecule has 0 atom stereocenters. The summed E-state index contributed by atoms with van der Waals surface area (Å²) in [6, 6.07) is 1.07. The van der Waals surface area contributed by atoms with Gasteiger partial charge in [0, 0.05) is 17.7 Å². The van der Waals surface area contributed by atoms with Gasteiger partial charge in [-0.3, -0.25) is 9.78 Å². The van der Waals surface area contributed by atoms with Crippen molar-refractivity contribution in [1.82, 2.24) is 4.98 Å². The smallest absolute Gasteiger partial charge is 0.294 e. The van der Waals surface area contributed by atoms with Crippen molar-refractivity contribution in [2.24, 2.45) is 11.8 Å². The molecule has 0 aromatic carbocycles. The molecule has 2 nitrogen and oxygen atoms in total. The minimum atomic E-state index is -4.19. The van der Waals surface area contributed by atoms with E-state index in [0.29, 0.717) is 0 Å². The van der Waals surface area contributed by atoms with Crippen LogP contribution >= 0.6 is 0 Å². The first kappa shape index (κ1) is 14.0. The van der Waals surface area contributed by atoms with E-state index >= 15 is 0 Å². The Labute approximate surface area is 107 Å². The van der Waals surface area contributed by atoms with Crippen molar-refractivity contribution in [1.29, 1.82) is 0 Å². The molecule has 1 fully saturated rings. The average molecular weight is 275 g/mol. The molecular weight excluding hydrogens is 262 g/mol. The fraction of sp³-hybridized carbons (Fsp3) is 0.538. The Kier molecular flexibility index (Phi) is 3.87. The van der Waals surface area contributed by atoms with Gasteiger partial charge in [-0.05, 0) is 31.7 Å². The minimum Gasteiger partial charge on any atom is -0.294 e. The number of halogens is 4. The number of aromatic nitrogens is 1. The second-order valence-electron chi connectivity index (χ2n) is 4.85. The number of pyridine rings is 1. The number of alkyl halides is 3. The number of rotatable bonds is 2. The van der Waals surface area contributed by atoms with E-state index in [1.807, 2.05) is 0 Å². The van der Waals surface area contributed by atoms with Gasteiger partial charge in [-0.25, -0.2) is 4.39 Å². The summed E-state index contributed by atoms with van der Waals surface area (Å²) >= 11 is 0. The van der Waals surface area contributed by atoms with Crippen LogP contribution in [0.3, 0.4) is 0 Å². The molecule has 0 radical (unpaired) electrons. The van der Waals surface area contributed by atoms with Crippen molar-refractivity contribution in [2.45, 2.75) is 31.9 Å². The number of hydrogen-bond acceptors (Lipinski definition) is 2. The van der Waals surface area contributed by atoms with Gasteiger partial charge < -0.3 is 0 Å². The largest absolute Gasteiger partial charge is 0.391 e. The molecule has 1 aromatic heterocycles. The summed E-state index contributed by atoms with van der Waals surface area (Å²) in [4.78, 5) is 15.6. The zero-order valence-corrected chi connectivity index (χ0v) is 10.1. The van der Waals surface area contributed by atoms with E-state index < -0.39 is 23.8 Å². The van der Waals surface area contributed by atoms with E-state index in [4.69, 9.17) is 0 Å². The third-order valence-electron chi connectivity index (χ3n) is 3.55. The third kappa shape index (κ3) is 3.30. The SMILES string of the molecule is O=C(c1cncc(F)c1)C1CCC(C(F)(F)F)CC1. The van der Waals surface area contributed by atoms with Gasteiger partial charge in [-0.1, -0.05) is 0 Å². The molecule has 6 heteroatoms. The lowest BCUT2D eigenvalue weighted by atomic mass is 9.78. The highest BCUT2D eigenvalue weighted by molar-refractivity contribution is 5.97. The number of Topliss-reactive ketones (excluding diaryl/α,β-unsaturated/α-hetero) is 1. The van der Waals surface area contributed by atoms with Crippen molar-refractivity contribution in [3.63, 3.8) is 0 Å². The molecular formula is C13H13F4NO. The van der Waals surface area contributed by atoms with Crippen molar-refractivity contribution < 1.29 is 22.4 Å². The highest BCUT2D eigenvalue weighted by Gasteiger charge is 2.42. The summed E-state index contributed by atoms with van der Waals surface area (Å²) in [6.07, 6.45) is -1.64. The summed E-state index contributed by atoms with van der Waals surface area (Å²) < 4.78 is 50.5. The maximum absolute atomic E-state index is 12.9. The van der Waals surface area contributed by atoms with Crippen LogP contribution in [-0.2, 0) is 0 Å². The second-order valence-corrected chi connectivity index (χ2v) is 4.85. The van der Waals surface area contributed by atoms with Gasteiger partial charge in [0.1, 0.15) is 5.82 Å². The molecule has 0 bridgehead atoms. The molecule has 1 saturated carbocycles. The molecule has 104 valence electrons. The zero-order valence-electron chi connectivity index (χ0n) is 10.1. The van der Waals surface area contributed by atoms with Gasteiger partial charge in [0.05, 0.1) is 12.1 Å². The summed E-state index contributed by atoms with van der Waals surface area (Å²) in [7, 11) is 0. The molecule has 0 saturated heterocycles. The lowest BCUT2D eigenvalue weighted by Crippen LogP contribution is -2.30. The van der Waals surface area contributed by atoms with E-state index in [9.17, 15) is 22.4 Å². The molecule has 0 spiro atoms. The third-order valence-corrected chi connectivity index (χ3v) is 3.55. The van der Waals surface area contributed by atoms with Gasteiger partial charge in [-0.2, -0.15) is 13.2 Å². The first-order chi connectivity index (χ1) is 8.88. The summed E-state index contributed by atoms with van der Waals surface area (Å²) in [5.41, 5.74) is 0.135. The first-order valence-corrected chi connectivity index (χ1v) is 6.09. The molecule has 1 heterocycles. The van der Waals surface area contributed by atoms with Crippen LogP contribution in [-0.4, -0.2) is 16.9 Å². The molecule has 0 N–H and O–H groups in total. The molecule has 0 aliphatic heterocycles. The van der Waals surface area contributed by atoms with Crippen LogP contribution in [0.4, 0.5) is 17.6 Å². The van der Waals surface area contributed by atoms with Gasteiger partial charge in [-0.15, -0.1) is 0 Å². The lowest BCUT2D eigenvalue weighted by Gasteiger charge is -2.29. The van der Waals surface area contributed by atoms with Gasteiger partial charge in [0.2, 0.25) is 0 Å². The maximum Gasteiger partial charge on any atom is 0.391 e. The predicted octanol–water partition coefficient (Wildman–Crippen LogP) is 3.77.